The topological polar surface area (TPSA) is 58.6 Å². The molecule has 0 atom stereocenters. The van der Waals surface area contributed by atoms with Crippen LogP contribution in [-0.4, -0.2) is 24.9 Å². The molecule has 0 aliphatic heterocycles. The van der Waals surface area contributed by atoms with Crippen molar-refractivity contribution in [3.05, 3.63) is 59.2 Å². The van der Waals surface area contributed by atoms with Crippen LogP contribution in [-0.2, 0) is 11.3 Å². The van der Waals surface area contributed by atoms with Gasteiger partial charge in [0.1, 0.15) is 17.4 Å². The number of anilines is 1. The number of carbonyl (C=O) groups excluding carboxylic acids is 2. The molecule has 0 aliphatic rings. The number of hydrogen-bond donors (Lipinski definition) is 1. The molecule has 1 heterocycles. The molecule has 0 saturated carbocycles. The molecular formula is C19H16ClFN2O3S. The number of fused-ring (bicyclic) bond motifs is 1. The van der Waals surface area contributed by atoms with Crippen LogP contribution in [0.1, 0.15) is 5.56 Å². The maximum Gasteiger partial charge on any atom is 0.328 e. The van der Waals surface area contributed by atoms with Crippen molar-refractivity contribution in [3.8, 4) is 5.75 Å². The molecule has 0 fully saturated rings. The Kier molecular flexibility index (Phi) is 5.93. The van der Waals surface area contributed by atoms with Crippen LogP contribution in [0.5, 0.6) is 5.75 Å². The van der Waals surface area contributed by atoms with Crippen molar-refractivity contribution < 1.29 is 18.7 Å². The Morgan fingerprint density at radius 3 is 2.63 bits per heavy atom. The summed E-state index contributed by atoms with van der Waals surface area (Å²) in [5, 5.41) is 4.54. The Morgan fingerprint density at radius 1 is 1.22 bits per heavy atom. The third-order valence-electron chi connectivity index (χ3n) is 3.93. The fourth-order valence-electron chi connectivity index (χ4n) is 2.62. The molecule has 27 heavy (non-hydrogen) atoms. The highest BCUT2D eigenvalue weighted by atomic mass is 35.5. The number of carbonyl (C=O) groups is 2. The van der Waals surface area contributed by atoms with Gasteiger partial charge in [0.2, 0.25) is 5.91 Å². The van der Waals surface area contributed by atoms with Crippen LogP contribution in [0.3, 0.4) is 0 Å². The summed E-state index contributed by atoms with van der Waals surface area (Å²) in [6, 6.07) is 11.3. The number of methoxy groups -OCH3 is 1. The van der Waals surface area contributed by atoms with E-state index in [1.165, 1.54) is 22.3 Å². The second-order valence-electron chi connectivity index (χ2n) is 5.66. The van der Waals surface area contributed by atoms with Gasteiger partial charge in [0.15, 0.2) is 0 Å². The Bertz CT molecular complexity index is 975. The largest absolute Gasteiger partial charge is 0.497 e. The van der Waals surface area contributed by atoms with E-state index in [0.29, 0.717) is 21.5 Å². The van der Waals surface area contributed by atoms with Crippen LogP contribution in [0, 0.1) is 5.82 Å². The average molecular weight is 407 g/mol. The highest BCUT2D eigenvalue weighted by Crippen LogP contribution is 2.35. The molecule has 140 valence electrons. The lowest BCUT2D eigenvalue weighted by Crippen LogP contribution is -2.43. The SMILES string of the molecule is COc1ccc(CN(C(=O)NC(=O)CCl)c2csc3c(F)cccc23)cc1. The Labute approximate surface area is 164 Å². The fraction of sp³-hybridized carbons (Fsp3) is 0.158. The van der Waals surface area contributed by atoms with Gasteiger partial charge in [0, 0.05) is 10.8 Å². The maximum absolute atomic E-state index is 14.0. The predicted octanol–water partition coefficient (Wildman–Crippen LogP) is 4.53. The van der Waals surface area contributed by atoms with E-state index in [2.05, 4.69) is 5.32 Å². The van der Waals surface area contributed by atoms with Gasteiger partial charge in [-0.1, -0.05) is 24.3 Å². The fourth-order valence-corrected chi connectivity index (χ4v) is 3.65. The molecule has 0 aliphatic carbocycles. The molecule has 0 bridgehead atoms. The maximum atomic E-state index is 14.0. The summed E-state index contributed by atoms with van der Waals surface area (Å²) < 4.78 is 19.6. The Hall–Kier alpha value is -2.64. The first-order valence-electron chi connectivity index (χ1n) is 7.99. The van der Waals surface area contributed by atoms with Crippen molar-refractivity contribution in [1.82, 2.24) is 5.32 Å². The van der Waals surface area contributed by atoms with Crippen molar-refractivity contribution in [2.75, 3.05) is 17.9 Å². The number of amides is 3. The van der Waals surface area contributed by atoms with E-state index in [4.69, 9.17) is 16.3 Å². The minimum atomic E-state index is -0.625. The Balaban J connectivity index is 1.99. The summed E-state index contributed by atoms with van der Waals surface area (Å²) in [7, 11) is 1.57. The quantitative estimate of drug-likeness (QED) is 0.633. The first kappa shape index (κ1) is 19.1. The minimum Gasteiger partial charge on any atom is -0.497 e. The van der Waals surface area contributed by atoms with E-state index in [-0.39, 0.29) is 18.2 Å². The van der Waals surface area contributed by atoms with Crippen molar-refractivity contribution in [1.29, 1.82) is 0 Å². The highest BCUT2D eigenvalue weighted by molar-refractivity contribution is 7.17. The predicted molar refractivity (Wildman–Crippen MR) is 105 cm³/mol. The van der Waals surface area contributed by atoms with E-state index in [1.54, 1.807) is 36.8 Å². The number of imide groups is 1. The van der Waals surface area contributed by atoms with Crippen LogP contribution in [0.25, 0.3) is 10.1 Å². The Morgan fingerprint density at radius 2 is 1.96 bits per heavy atom. The molecular weight excluding hydrogens is 391 g/mol. The minimum absolute atomic E-state index is 0.188. The summed E-state index contributed by atoms with van der Waals surface area (Å²) in [6.07, 6.45) is 0. The molecule has 5 nitrogen and oxygen atoms in total. The number of rotatable bonds is 5. The number of thiophene rings is 1. The van der Waals surface area contributed by atoms with Gasteiger partial charge >= 0.3 is 6.03 Å². The second-order valence-corrected chi connectivity index (χ2v) is 6.81. The van der Waals surface area contributed by atoms with Crippen molar-refractivity contribution in [2.24, 2.45) is 0 Å². The van der Waals surface area contributed by atoms with Gasteiger partial charge in [-0.25, -0.2) is 9.18 Å². The zero-order chi connectivity index (χ0) is 19.4. The molecule has 8 heteroatoms. The number of ether oxygens (including phenoxy) is 1. The normalized spacial score (nSPS) is 10.6. The van der Waals surface area contributed by atoms with Gasteiger partial charge in [-0.3, -0.25) is 15.0 Å². The zero-order valence-corrected chi connectivity index (χ0v) is 15.9. The molecule has 1 aromatic heterocycles. The summed E-state index contributed by atoms with van der Waals surface area (Å²) in [5.41, 5.74) is 1.34. The molecule has 2 aromatic carbocycles. The lowest BCUT2D eigenvalue weighted by Gasteiger charge is -2.22. The smallest absolute Gasteiger partial charge is 0.328 e. The summed E-state index contributed by atoms with van der Waals surface area (Å²) in [5.74, 6) is -0.603. The first-order chi connectivity index (χ1) is 13.0. The zero-order valence-electron chi connectivity index (χ0n) is 14.4. The molecule has 1 N–H and O–H groups in total. The van der Waals surface area contributed by atoms with Gasteiger partial charge in [-0.15, -0.1) is 22.9 Å². The van der Waals surface area contributed by atoms with Crippen LogP contribution in [0.15, 0.2) is 47.8 Å². The van der Waals surface area contributed by atoms with Crippen molar-refractivity contribution in [2.45, 2.75) is 6.54 Å². The number of alkyl halides is 1. The van der Waals surface area contributed by atoms with Crippen molar-refractivity contribution in [3.63, 3.8) is 0 Å². The monoisotopic (exact) mass is 406 g/mol. The van der Waals surface area contributed by atoms with Crippen LogP contribution in [0.2, 0.25) is 0 Å². The standard InChI is InChI=1S/C19H16ClFN2O3S/c1-26-13-7-5-12(6-8-13)10-23(19(25)22-17(24)9-20)16-11-27-18-14(16)3-2-4-15(18)21/h2-8,11H,9-10H2,1H3,(H,22,24,25). The number of urea groups is 1. The summed E-state index contributed by atoms with van der Waals surface area (Å²) in [6.45, 7) is 0.188. The third kappa shape index (κ3) is 4.20. The van der Waals surface area contributed by atoms with Crippen molar-refractivity contribution >= 4 is 50.6 Å². The molecule has 0 radical (unpaired) electrons. The van der Waals surface area contributed by atoms with Crippen LogP contribution in [0.4, 0.5) is 14.9 Å². The number of hydrogen-bond acceptors (Lipinski definition) is 4. The third-order valence-corrected chi connectivity index (χ3v) is 5.17. The van der Waals surface area contributed by atoms with Gasteiger partial charge < -0.3 is 4.74 Å². The number of nitrogens with one attached hydrogen (secondary N) is 1. The highest BCUT2D eigenvalue weighted by Gasteiger charge is 2.22. The first-order valence-corrected chi connectivity index (χ1v) is 9.41. The van der Waals surface area contributed by atoms with E-state index in [1.807, 2.05) is 12.1 Å². The van der Waals surface area contributed by atoms with Crippen LogP contribution >= 0.6 is 22.9 Å². The molecule has 0 spiro atoms. The summed E-state index contributed by atoms with van der Waals surface area (Å²) in [4.78, 5) is 25.7. The number of benzene rings is 2. The van der Waals surface area contributed by atoms with E-state index in [9.17, 15) is 14.0 Å². The lowest BCUT2D eigenvalue weighted by molar-refractivity contribution is -0.117. The van der Waals surface area contributed by atoms with E-state index in [0.717, 1.165) is 5.56 Å². The van der Waals surface area contributed by atoms with Gasteiger partial charge in [0.05, 0.1) is 24.0 Å². The summed E-state index contributed by atoms with van der Waals surface area (Å²) >= 11 is 6.69. The molecule has 0 unspecified atom stereocenters. The second kappa shape index (κ2) is 8.37. The van der Waals surface area contributed by atoms with Gasteiger partial charge in [0.25, 0.3) is 0 Å². The average Bonchev–Trinajstić information content (AvgIpc) is 3.11. The lowest BCUT2D eigenvalue weighted by atomic mass is 10.1. The van der Waals surface area contributed by atoms with E-state index < -0.39 is 11.9 Å². The number of nitrogens with zero attached hydrogens (tertiary/aromatic N) is 1. The van der Waals surface area contributed by atoms with Crippen LogP contribution < -0.4 is 15.0 Å². The molecule has 3 amide bonds. The number of halogens is 2. The van der Waals surface area contributed by atoms with E-state index >= 15 is 0 Å². The molecule has 3 rings (SSSR count). The molecule has 3 aromatic rings. The molecule has 0 saturated heterocycles. The van der Waals surface area contributed by atoms with Gasteiger partial charge in [-0.05, 0) is 23.8 Å². The van der Waals surface area contributed by atoms with Gasteiger partial charge in [-0.2, -0.15) is 0 Å².